The number of carbonyl (C=O) groups is 1. The molecule has 5 aliphatic rings. The van der Waals surface area contributed by atoms with Crippen LogP contribution in [0.2, 0.25) is 0 Å². The van der Waals surface area contributed by atoms with E-state index in [1.165, 1.54) is 30.5 Å². The summed E-state index contributed by atoms with van der Waals surface area (Å²) in [5.41, 5.74) is 2.80. The van der Waals surface area contributed by atoms with E-state index >= 15 is 0 Å². The number of likely N-dealkylation sites (tertiary alicyclic amines) is 2. The number of benzene rings is 1. The Kier molecular flexibility index (Phi) is 5.28. The molecule has 5 nitrogen and oxygen atoms in total. The van der Waals surface area contributed by atoms with Crippen LogP contribution in [0, 0.1) is 17.8 Å². The predicted molar refractivity (Wildman–Crippen MR) is 128 cm³/mol. The zero-order valence-electron chi connectivity index (χ0n) is 20.0. The zero-order chi connectivity index (χ0) is 22.6. The van der Waals surface area contributed by atoms with Crippen molar-refractivity contribution < 1.29 is 14.3 Å². The molecule has 3 fully saturated rings. The Morgan fingerprint density at radius 2 is 2.03 bits per heavy atom. The number of methoxy groups -OCH3 is 2. The highest BCUT2D eigenvalue weighted by molar-refractivity contribution is 5.80. The third-order valence-electron chi connectivity index (χ3n) is 9.04. The van der Waals surface area contributed by atoms with Gasteiger partial charge < -0.3 is 14.4 Å². The van der Waals surface area contributed by atoms with E-state index in [-0.39, 0.29) is 5.41 Å². The third kappa shape index (κ3) is 3.69. The summed E-state index contributed by atoms with van der Waals surface area (Å²) in [6, 6.07) is 7.16. The van der Waals surface area contributed by atoms with Crippen LogP contribution in [0.15, 0.2) is 42.2 Å². The first-order valence-electron chi connectivity index (χ1n) is 12.7. The number of allylic oxidation sites excluding steroid dienone is 2. The van der Waals surface area contributed by atoms with Gasteiger partial charge in [-0.1, -0.05) is 12.1 Å². The van der Waals surface area contributed by atoms with E-state index < -0.39 is 0 Å². The van der Waals surface area contributed by atoms with Crippen molar-refractivity contribution in [3.8, 4) is 5.75 Å². The average Bonchev–Trinajstić information content (AvgIpc) is 3.66. The minimum absolute atomic E-state index is 0.0358. The number of hydrogen-bond acceptors (Lipinski definition) is 4. The van der Waals surface area contributed by atoms with Crippen molar-refractivity contribution in [2.24, 2.45) is 17.8 Å². The van der Waals surface area contributed by atoms with Crippen molar-refractivity contribution in [3.05, 3.63) is 53.3 Å². The molecular weight excluding hydrogens is 412 g/mol. The first kappa shape index (κ1) is 21.3. The summed E-state index contributed by atoms with van der Waals surface area (Å²) < 4.78 is 11.0. The fraction of sp³-hybridized carbons (Fsp3) is 0.607. The van der Waals surface area contributed by atoms with Gasteiger partial charge in [-0.25, -0.2) is 0 Å². The normalized spacial score (nSPS) is 33.3. The van der Waals surface area contributed by atoms with Crippen LogP contribution in [0.25, 0.3) is 0 Å². The molecule has 1 aromatic carbocycles. The summed E-state index contributed by atoms with van der Waals surface area (Å²) in [7, 11) is 3.46. The highest BCUT2D eigenvalue weighted by atomic mass is 16.5. The van der Waals surface area contributed by atoms with E-state index in [9.17, 15) is 4.79 Å². The monoisotopic (exact) mass is 448 g/mol. The number of nitrogens with zero attached hydrogens (tertiary/aromatic N) is 2. The Bertz CT molecular complexity index is 997. The van der Waals surface area contributed by atoms with Crippen molar-refractivity contribution in [2.75, 3.05) is 40.4 Å². The molecule has 2 heterocycles. The number of hydrogen-bond donors (Lipinski definition) is 0. The van der Waals surface area contributed by atoms with Gasteiger partial charge in [-0.3, -0.25) is 9.69 Å². The molecule has 0 radical (unpaired) electrons. The average molecular weight is 449 g/mol. The minimum atomic E-state index is -0.0358. The minimum Gasteiger partial charge on any atom is -0.497 e. The maximum absolute atomic E-state index is 13.6. The first-order valence-corrected chi connectivity index (χ1v) is 12.7. The summed E-state index contributed by atoms with van der Waals surface area (Å²) in [4.78, 5) is 18.6. The lowest BCUT2D eigenvalue weighted by molar-refractivity contribution is -0.144. The second-order valence-electron chi connectivity index (χ2n) is 10.9. The molecule has 6 rings (SSSR count). The number of carbonyl (C=O) groups excluding carboxylic acids is 1. The number of rotatable bonds is 6. The molecule has 2 bridgehead atoms. The van der Waals surface area contributed by atoms with Crippen LogP contribution in [-0.2, 0) is 21.4 Å². The Labute approximate surface area is 197 Å². The van der Waals surface area contributed by atoms with Crippen LogP contribution in [0.3, 0.4) is 0 Å². The van der Waals surface area contributed by atoms with E-state index in [1.807, 2.05) is 0 Å². The second kappa shape index (κ2) is 8.19. The van der Waals surface area contributed by atoms with Crippen LogP contribution in [0.4, 0.5) is 0 Å². The van der Waals surface area contributed by atoms with Gasteiger partial charge in [0, 0.05) is 43.4 Å². The van der Waals surface area contributed by atoms with Crippen LogP contribution < -0.4 is 4.74 Å². The lowest BCUT2D eigenvalue weighted by Gasteiger charge is -2.60. The van der Waals surface area contributed by atoms with Gasteiger partial charge in [0.2, 0.25) is 5.91 Å². The highest BCUT2D eigenvalue weighted by Gasteiger charge is 2.57. The van der Waals surface area contributed by atoms with E-state index in [0.29, 0.717) is 30.2 Å². The molecule has 0 N–H and O–H groups in total. The van der Waals surface area contributed by atoms with E-state index in [1.54, 1.807) is 14.2 Å². The molecule has 1 saturated carbocycles. The van der Waals surface area contributed by atoms with E-state index in [2.05, 4.69) is 46.2 Å². The smallest absolute Gasteiger partial charge is 0.223 e. The molecule has 3 aliphatic carbocycles. The molecule has 176 valence electrons. The van der Waals surface area contributed by atoms with Crippen LogP contribution in [0.1, 0.15) is 43.2 Å². The summed E-state index contributed by atoms with van der Waals surface area (Å²) >= 11 is 0. The standard InChI is InChI=1S/C28H36N2O3/c1-32-22-8-5-20(6-9-22)17-30-18-25-26-13-21-7-10-23(33-2)14-24(21)28(25,15-27(30)31)11-12-29(26)16-19-3-4-19/h5,7-10,14,19-20,25-26H,3-4,6,11-13,15-18H2,1-2H3/t20?,25-,26+,28+/m0/s1. The van der Waals surface area contributed by atoms with Crippen molar-refractivity contribution in [3.63, 3.8) is 0 Å². The Morgan fingerprint density at radius 1 is 1.15 bits per heavy atom. The van der Waals surface area contributed by atoms with Crippen molar-refractivity contribution >= 4 is 5.91 Å². The maximum atomic E-state index is 13.6. The molecule has 2 aliphatic heterocycles. The van der Waals surface area contributed by atoms with E-state index in [4.69, 9.17) is 9.47 Å². The highest BCUT2D eigenvalue weighted by Crippen LogP contribution is 2.54. The number of fused-ring (bicyclic) bond motifs is 1. The molecule has 1 aromatic rings. The van der Waals surface area contributed by atoms with Gasteiger partial charge in [0.15, 0.2) is 0 Å². The quantitative estimate of drug-likeness (QED) is 0.661. The first-order chi connectivity index (χ1) is 16.1. The zero-order valence-corrected chi connectivity index (χ0v) is 20.0. The molecule has 0 spiro atoms. The van der Waals surface area contributed by atoms with Crippen LogP contribution in [-0.4, -0.2) is 62.1 Å². The second-order valence-corrected chi connectivity index (χ2v) is 10.9. The number of amides is 1. The largest absolute Gasteiger partial charge is 0.497 e. The Hall–Kier alpha value is -2.27. The van der Waals surface area contributed by atoms with Crippen LogP contribution in [0.5, 0.6) is 5.75 Å². The molecular formula is C28H36N2O3. The van der Waals surface area contributed by atoms with Crippen molar-refractivity contribution in [1.82, 2.24) is 9.80 Å². The Morgan fingerprint density at radius 3 is 2.76 bits per heavy atom. The lowest BCUT2D eigenvalue weighted by Crippen LogP contribution is -2.67. The van der Waals surface area contributed by atoms with Gasteiger partial charge in [-0.15, -0.1) is 0 Å². The predicted octanol–water partition coefficient (Wildman–Crippen LogP) is 3.93. The van der Waals surface area contributed by atoms with E-state index in [0.717, 1.165) is 56.3 Å². The Balaban J connectivity index is 1.30. The van der Waals surface area contributed by atoms with Gasteiger partial charge >= 0.3 is 0 Å². The topological polar surface area (TPSA) is 42.0 Å². The van der Waals surface area contributed by atoms with Gasteiger partial charge in [-0.2, -0.15) is 0 Å². The summed E-state index contributed by atoms with van der Waals surface area (Å²) in [5.74, 6) is 3.94. The number of piperidine rings is 2. The molecule has 2 saturated heterocycles. The molecule has 1 unspecified atom stereocenters. The van der Waals surface area contributed by atoms with Gasteiger partial charge in [-0.05, 0) is 85.9 Å². The van der Waals surface area contributed by atoms with Gasteiger partial charge in [0.25, 0.3) is 0 Å². The fourth-order valence-electron chi connectivity index (χ4n) is 7.05. The molecule has 33 heavy (non-hydrogen) atoms. The van der Waals surface area contributed by atoms with Crippen molar-refractivity contribution in [1.29, 1.82) is 0 Å². The van der Waals surface area contributed by atoms with Gasteiger partial charge in [0.05, 0.1) is 14.2 Å². The molecule has 1 amide bonds. The van der Waals surface area contributed by atoms with Crippen LogP contribution >= 0.6 is 0 Å². The summed E-state index contributed by atoms with van der Waals surface area (Å²) in [5, 5.41) is 0. The maximum Gasteiger partial charge on any atom is 0.223 e. The molecule has 5 heteroatoms. The lowest BCUT2D eigenvalue weighted by atomic mass is 9.54. The summed E-state index contributed by atoms with van der Waals surface area (Å²) in [6.07, 6.45) is 13.0. The fourth-order valence-corrected chi connectivity index (χ4v) is 7.05. The summed E-state index contributed by atoms with van der Waals surface area (Å²) in [6.45, 7) is 4.06. The molecule has 4 atom stereocenters. The number of ether oxygens (including phenoxy) is 2. The third-order valence-corrected chi connectivity index (χ3v) is 9.04. The SMILES string of the molecule is COC1=CCC(CN2C[C@H]3[C@H]4Cc5ccc(OC)cc5[C@@]3(CCN4CC3CC3)CC2=O)C=C1. The van der Waals surface area contributed by atoms with Gasteiger partial charge in [0.1, 0.15) is 11.5 Å². The molecule has 0 aromatic heterocycles. The van der Waals surface area contributed by atoms with Crippen molar-refractivity contribution in [2.45, 2.75) is 50.0 Å².